The van der Waals surface area contributed by atoms with Crippen LogP contribution in [0.5, 0.6) is 0 Å². The molecule has 1 fully saturated rings. The number of hydrogen-bond donors (Lipinski definition) is 1. The number of hydrogen-bond acceptors (Lipinski definition) is 4. The molecule has 0 saturated carbocycles. The summed E-state index contributed by atoms with van der Waals surface area (Å²) in [6.07, 6.45) is 4.15. The predicted octanol–water partition coefficient (Wildman–Crippen LogP) is 0.442. The highest BCUT2D eigenvalue weighted by Crippen LogP contribution is 2.13. The Labute approximate surface area is 101 Å². The maximum atomic E-state index is 12.3. The maximum absolute atomic E-state index is 12.3. The molecular formula is C12H18N4O. The lowest BCUT2D eigenvalue weighted by molar-refractivity contribution is 0.0763. The Bertz CT molecular complexity index is 407. The van der Waals surface area contributed by atoms with Crippen molar-refractivity contribution in [2.45, 2.75) is 6.42 Å². The van der Waals surface area contributed by atoms with Crippen LogP contribution in [-0.4, -0.2) is 53.9 Å². The van der Waals surface area contributed by atoms with E-state index in [4.69, 9.17) is 5.73 Å². The summed E-state index contributed by atoms with van der Waals surface area (Å²) in [7, 11) is 2.08. The number of nitrogens with zero attached hydrogens (tertiary/aromatic N) is 3. The summed E-state index contributed by atoms with van der Waals surface area (Å²) in [5.41, 5.74) is 6.81. The first-order valence-electron chi connectivity index (χ1n) is 5.86. The van der Waals surface area contributed by atoms with Gasteiger partial charge >= 0.3 is 0 Å². The van der Waals surface area contributed by atoms with Gasteiger partial charge < -0.3 is 15.5 Å². The normalized spacial score (nSPS) is 17.8. The van der Waals surface area contributed by atoms with Crippen LogP contribution in [0.4, 0.5) is 5.69 Å². The lowest BCUT2D eigenvalue weighted by Gasteiger charge is -2.21. The molecule has 5 nitrogen and oxygen atoms in total. The molecule has 0 radical (unpaired) electrons. The number of carbonyl (C=O) groups excluding carboxylic acids is 1. The number of likely N-dealkylation sites (N-methyl/N-ethyl adjacent to an activating group) is 1. The molecule has 2 rings (SSSR count). The van der Waals surface area contributed by atoms with Gasteiger partial charge in [0.05, 0.1) is 5.56 Å². The van der Waals surface area contributed by atoms with E-state index in [-0.39, 0.29) is 5.91 Å². The average Bonchev–Trinajstić information content (AvgIpc) is 2.54. The highest BCUT2D eigenvalue weighted by atomic mass is 16.2. The molecule has 5 heteroatoms. The zero-order valence-electron chi connectivity index (χ0n) is 10.1. The molecule has 0 atom stereocenters. The minimum Gasteiger partial charge on any atom is -0.398 e. The number of rotatable bonds is 1. The highest BCUT2D eigenvalue weighted by Gasteiger charge is 2.20. The van der Waals surface area contributed by atoms with Gasteiger partial charge in [0.15, 0.2) is 0 Å². The molecule has 1 aromatic rings. The molecule has 17 heavy (non-hydrogen) atoms. The molecule has 92 valence electrons. The Hall–Kier alpha value is -1.62. The van der Waals surface area contributed by atoms with Gasteiger partial charge in [-0.3, -0.25) is 9.78 Å². The van der Waals surface area contributed by atoms with Crippen LogP contribution in [0.3, 0.4) is 0 Å². The van der Waals surface area contributed by atoms with E-state index in [1.807, 2.05) is 4.90 Å². The molecule has 1 aromatic heterocycles. The number of carbonyl (C=O) groups is 1. The summed E-state index contributed by atoms with van der Waals surface area (Å²) >= 11 is 0. The highest BCUT2D eigenvalue weighted by molar-refractivity contribution is 5.98. The summed E-state index contributed by atoms with van der Waals surface area (Å²) in [5, 5.41) is 0. The second-order valence-electron chi connectivity index (χ2n) is 4.41. The van der Waals surface area contributed by atoms with Gasteiger partial charge in [0.2, 0.25) is 0 Å². The predicted molar refractivity (Wildman–Crippen MR) is 66.7 cm³/mol. The number of aromatic nitrogens is 1. The molecule has 1 saturated heterocycles. The molecule has 0 aromatic carbocycles. The van der Waals surface area contributed by atoms with E-state index in [0.29, 0.717) is 11.3 Å². The van der Waals surface area contributed by atoms with Crippen LogP contribution in [-0.2, 0) is 0 Å². The van der Waals surface area contributed by atoms with E-state index in [0.717, 1.165) is 32.6 Å². The molecule has 2 N–H and O–H groups in total. The van der Waals surface area contributed by atoms with Gasteiger partial charge in [-0.05, 0) is 26.1 Å². The van der Waals surface area contributed by atoms with Crippen LogP contribution >= 0.6 is 0 Å². The van der Waals surface area contributed by atoms with Gasteiger partial charge in [-0.15, -0.1) is 0 Å². The van der Waals surface area contributed by atoms with E-state index in [9.17, 15) is 4.79 Å². The van der Waals surface area contributed by atoms with Crippen LogP contribution in [0.2, 0.25) is 0 Å². The zero-order chi connectivity index (χ0) is 12.3. The van der Waals surface area contributed by atoms with Gasteiger partial charge in [-0.2, -0.15) is 0 Å². The van der Waals surface area contributed by atoms with Gasteiger partial charge in [0.25, 0.3) is 5.91 Å². The molecule has 0 unspecified atom stereocenters. The third-order valence-electron chi connectivity index (χ3n) is 3.09. The summed E-state index contributed by atoms with van der Waals surface area (Å²) < 4.78 is 0. The van der Waals surface area contributed by atoms with Crippen LogP contribution in [0.25, 0.3) is 0 Å². The Morgan fingerprint density at radius 1 is 1.35 bits per heavy atom. The van der Waals surface area contributed by atoms with E-state index in [2.05, 4.69) is 16.9 Å². The van der Waals surface area contributed by atoms with Crippen molar-refractivity contribution in [3.8, 4) is 0 Å². The number of anilines is 1. The fourth-order valence-corrected chi connectivity index (χ4v) is 2.00. The first kappa shape index (κ1) is 11.9. The van der Waals surface area contributed by atoms with Crippen LogP contribution < -0.4 is 5.73 Å². The van der Waals surface area contributed by atoms with Gasteiger partial charge in [0, 0.05) is 37.7 Å². The summed E-state index contributed by atoms with van der Waals surface area (Å²) in [4.78, 5) is 20.3. The molecule has 1 aliphatic heterocycles. The van der Waals surface area contributed by atoms with Gasteiger partial charge in [-0.1, -0.05) is 0 Å². The Balaban J connectivity index is 2.12. The zero-order valence-corrected chi connectivity index (χ0v) is 10.1. The number of pyridine rings is 1. The van der Waals surface area contributed by atoms with Crippen molar-refractivity contribution in [3.05, 3.63) is 24.0 Å². The summed E-state index contributed by atoms with van der Waals surface area (Å²) in [5.74, 6) is -0.00843. The average molecular weight is 234 g/mol. The van der Waals surface area contributed by atoms with E-state index >= 15 is 0 Å². The monoisotopic (exact) mass is 234 g/mol. The third kappa shape index (κ3) is 2.74. The minimum atomic E-state index is -0.00843. The molecular weight excluding hydrogens is 216 g/mol. The Morgan fingerprint density at radius 3 is 2.94 bits per heavy atom. The topological polar surface area (TPSA) is 62.5 Å². The number of nitrogens with two attached hydrogens (primary N) is 1. The fraction of sp³-hybridized carbons (Fsp3) is 0.500. The van der Waals surface area contributed by atoms with Crippen molar-refractivity contribution in [2.24, 2.45) is 0 Å². The molecule has 2 heterocycles. The minimum absolute atomic E-state index is 0.00843. The van der Waals surface area contributed by atoms with Crippen LogP contribution in [0.15, 0.2) is 18.5 Å². The Morgan fingerprint density at radius 2 is 2.18 bits per heavy atom. The molecule has 1 amide bonds. The van der Waals surface area contributed by atoms with Crippen molar-refractivity contribution in [3.63, 3.8) is 0 Å². The SMILES string of the molecule is CN1CCCN(C(=O)c2cnccc2N)CC1. The second-order valence-corrected chi connectivity index (χ2v) is 4.41. The molecule has 0 aliphatic carbocycles. The first-order chi connectivity index (χ1) is 8.18. The van der Waals surface area contributed by atoms with Crippen molar-refractivity contribution < 1.29 is 4.79 Å². The molecule has 0 bridgehead atoms. The van der Waals surface area contributed by atoms with Crippen molar-refractivity contribution >= 4 is 11.6 Å². The van der Waals surface area contributed by atoms with Crippen molar-refractivity contribution in [2.75, 3.05) is 39.0 Å². The first-order valence-corrected chi connectivity index (χ1v) is 5.86. The van der Waals surface area contributed by atoms with E-state index in [1.165, 1.54) is 0 Å². The third-order valence-corrected chi connectivity index (χ3v) is 3.09. The van der Waals surface area contributed by atoms with Crippen molar-refractivity contribution in [1.82, 2.24) is 14.8 Å². The van der Waals surface area contributed by atoms with Crippen LogP contribution in [0.1, 0.15) is 16.8 Å². The lowest BCUT2D eigenvalue weighted by Crippen LogP contribution is -2.34. The van der Waals surface area contributed by atoms with E-state index in [1.54, 1.807) is 18.5 Å². The fourth-order valence-electron chi connectivity index (χ4n) is 2.00. The second kappa shape index (κ2) is 5.14. The lowest BCUT2D eigenvalue weighted by atomic mass is 10.2. The van der Waals surface area contributed by atoms with E-state index < -0.39 is 0 Å². The van der Waals surface area contributed by atoms with Gasteiger partial charge in [0.1, 0.15) is 0 Å². The number of amides is 1. The summed E-state index contributed by atoms with van der Waals surface area (Å²) in [6.45, 7) is 3.49. The summed E-state index contributed by atoms with van der Waals surface area (Å²) in [6, 6.07) is 1.66. The smallest absolute Gasteiger partial charge is 0.257 e. The van der Waals surface area contributed by atoms with Gasteiger partial charge in [-0.25, -0.2) is 0 Å². The maximum Gasteiger partial charge on any atom is 0.257 e. The largest absolute Gasteiger partial charge is 0.398 e. The molecule has 0 spiro atoms. The number of nitrogen functional groups attached to an aromatic ring is 1. The molecule has 1 aliphatic rings. The Kier molecular flexibility index (Phi) is 3.58. The van der Waals surface area contributed by atoms with Crippen molar-refractivity contribution in [1.29, 1.82) is 0 Å². The standard InChI is InChI=1S/C12H18N4O/c1-15-5-2-6-16(8-7-15)12(17)10-9-14-4-3-11(10)13/h3-4,9H,2,5-8H2,1H3,(H2,13,14). The van der Waals surface area contributed by atoms with Crippen LogP contribution in [0, 0.1) is 0 Å². The quantitative estimate of drug-likeness (QED) is 0.766.